The number of ketones is 1. The Kier molecular flexibility index (Phi) is 1.79. The van der Waals surface area contributed by atoms with Gasteiger partial charge in [-0.3, -0.25) is 14.9 Å². The molecule has 1 aliphatic carbocycles. The molecule has 76 valence electrons. The maximum atomic E-state index is 13.2. The summed E-state index contributed by atoms with van der Waals surface area (Å²) in [6.45, 7) is 0. The van der Waals surface area contributed by atoms with Crippen molar-refractivity contribution in [2.75, 3.05) is 0 Å². The van der Waals surface area contributed by atoms with Crippen LogP contribution in [-0.2, 0) is 0 Å². The van der Waals surface area contributed by atoms with E-state index in [0.717, 1.165) is 6.07 Å². The minimum Gasteiger partial charge on any atom is -0.502 e. The number of aliphatic hydroxyl groups excluding tert-OH is 1. The highest BCUT2D eigenvalue weighted by Crippen LogP contribution is 2.32. The molecule has 0 saturated heterocycles. The van der Waals surface area contributed by atoms with Crippen LogP contribution in [-0.4, -0.2) is 15.8 Å². The number of nitrogens with zero attached hydrogens (tertiary/aromatic N) is 1. The highest BCUT2D eigenvalue weighted by Gasteiger charge is 2.40. The van der Waals surface area contributed by atoms with E-state index in [2.05, 4.69) is 0 Å². The predicted octanol–water partition coefficient (Wildman–Crippen LogP) is 1.53. The summed E-state index contributed by atoms with van der Waals surface area (Å²) >= 11 is 0. The number of halogens is 1. The minimum atomic E-state index is -1.09. The van der Waals surface area contributed by atoms with Crippen LogP contribution in [0.1, 0.15) is 15.9 Å². The number of hydrogen-bond donors (Lipinski definition) is 1. The van der Waals surface area contributed by atoms with Crippen LogP contribution in [0.4, 0.5) is 4.39 Å². The van der Waals surface area contributed by atoms with Crippen LogP contribution in [0.25, 0.3) is 5.76 Å². The maximum Gasteiger partial charge on any atom is 0.358 e. The van der Waals surface area contributed by atoms with Crippen LogP contribution >= 0.6 is 0 Å². The molecule has 2 rings (SSSR count). The van der Waals surface area contributed by atoms with Gasteiger partial charge in [-0.1, -0.05) is 12.1 Å². The van der Waals surface area contributed by atoms with Crippen molar-refractivity contribution in [3.05, 3.63) is 51.0 Å². The number of benzene rings is 1. The normalized spacial score (nSPS) is 14.3. The van der Waals surface area contributed by atoms with Gasteiger partial charge in [-0.25, -0.2) is 4.39 Å². The van der Waals surface area contributed by atoms with Crippen molar-refractivity contribution >= 4 is 11.5 Å². The summed E-state index contributed by atoms with van der Waals surface area (Å²) in [7, 11) is 0. The van der Waals surface area contributed by atoms with E-state index in [-0.39, 0.29) is 5.56 Å². The fraction of sp³-hybridized carbons (Fsp3) is 0. The zero-order valence-electron chi connectivity index (χ0n) is 7.23. The van der Waals surface area contributed by atoms with Crippen molar-refractivity contribution < 1.29 is 19.2 Å². The molecule has 5 nitrogen and oxygen atoms in total. The summed E-state index contributed by atoms with van der Waals surface area (Å²) in [4.78, 5) is 20.8. The highest BCUT2D eigenvalue weighted by atomic mass is 19.1. The summed E-state index contributed by atoms with van der Waals surface area (Å²) in [6, 6.07) is 3.52. The number of carbonyl (C=O) groups is 1. The lowest BCUT2D eigenvalue weighted by molar-refractivity contribution is -0.416. The summed E-state index contributed by atoms with van der Waals surface area (Å²) in [5.41, 5.74) is -1.55. The highest BCUT2D eigenvalue weighted by molar-refractivity contribution is 6.17. The minimum absolute atomic E-state index is 0.133. The van der Waals surface area contributed by atoms with Crippen LogP contribution in [0.2, 0.25) is 0 Å². The monoisotopic (exact) mass is 209 g/mol. The Balaban J connectivity index is 2.74. The quantitative estimate of drug-likeness (QED) is 0.561. The molecule has 0 fully saturated rings. The topological polar surface area (TPSA) is 80.4 Å². The Morgan fingerprint density at radius 1 is 1.40 bits per heavy atom. The number of fused-ring (bicyclic) bond motifs is 1. The third-order valence-electron chi connectivity index (χ3n) is 2.12. The molecule has 0 amide bonds. The molecule has 15 heavy (non-hydrogen) atoms. The first-order valence-electron chi connectivity index (χ1n) is 3.95. The van der Waals surface area contributed by atoms with Crippen molar-refractivity contribution in [3.63, 3.8) is 0 Å². The van der Waals surface area contributed by atoms with Crippen molar-refractivity contribution in [3.8, 4) is 0 Å². The van der Waals surface area contributed by atoms with Crippen LogP contribution in [0.15, 0.2) is 23.9 Å². The number of Topliss-reactive ketones (excluding diaryl/α,β-unsaturated/α-hetero) is 1. The van der Waals surface area contributed by atoms with Gasteiger partial charge in [0.15, 0.2) is 0 Å². The predicted molar refractivity (Wildman–Crippen MR) is 47.3 cm³/mol. The fourth-order valence-electron chi connectivity index (χ4n) is 1.48. The molecule has 1 aliphatic rings. The van der Waals surface area contributed by atoms with Crippen molar-refractivity contribution in [1.82, 2.24) is 0 Å². The van der Waals surface area contributed by atoms with Gasteiger partial charge in [0.2, 0.25) is 5.76 Å². The second kappa shape index (κ2) is 2.88. The lowest BCUT2D eigenvalue weighted by atomic mass is 10.1. The number of nitro groups is 1. The van der Waals surface area contributed by atoms with E-state index in [4.69, 9.17) is 0 Å². The third-order valence-corrected chi connectivity index (χ3v) is 2.12. The van der Waals surface area contributed by atoms with Crippen molar-refractivity contribution in [2.24, 2.45) is 0 Å². The number of aliphatic hydroxyl groups is 1. The third kappa shape index (κ3) is 1.11. The van der Waals surface area contributed by atoms with E-state index >= 15 is 0 Å². The Labute approximate surface area is 82.6 Å². The second-order valence-corrected chi connectivity index (χ2v) is 2.95. The number of carbonyl (C=O) groups excluding carboxylic acids is 1. The largest absolute Gasteiger partial charge is 0.502 e. The molecule has 0 saturated carbocycles. The first kappa shape index (κ1) is 9.32. The van der Waals surface area contributed by atoms with Gasteiger partial charge in [0, 0.05) is 5.56 Å². The molecular weight excluding hydrogens is 205 g/mol. The smallest absolute Gasteiger partial charge is 0.358 e. The Morgan fingerprint density at radius 3 is 2.60 bits per heavy atom. The Bertz CT molecular complexity index is 521. The van der Waals surface area contributed by atoms with Crippen LogP contribution < -0.4 is 0 Å². The van der Waals surface area contributed by atoms with Gasteiger partial charge < -0.3 is 5.11 Å². The van der Waals surface area contributed by atoms with E-state index < -0.39 is 33.5 Å². The van der Waals surface area contributed by atoms with E-state index in [0.29, 0.717) is 0 Å². The molecule has 0 aromatic heterocycles. The van der Waals surface area contributed by atoms with E-state index in [1.54, 1.807) is 0 Å². The summed E-state index contributed by atoms with van der Waals surface area (Å²) in [6.07, 6.45) is 0. The van der Waals surface area contributed by atoms with Crippen LogP contribution in [0.5, 0.6) is 0 Å². The lowest BCUT2D eigenvalue weighted by Crippen LogP contribution is -2.09. The molecule has 0 bridgehead atoms. The summed E-state index contributed by atoms with van der Waals surface area (Å²) in [5.74, 6) is -2.74. The molecule has 0 aliphatic heterocycles. The summed E-state index contributed by atoms with van der Waals surface area (Å²) in [5, 5.41) is 19.8. The second-order valence-electron chi connectivity index (χ2n) is 2.95. The summed E-state index contributed by atoms with van der Waals surface area (Å²) < 4.78 is 13.2. The van der Waals surface area contributed by atoms with Gasteiger partial charge in [-0.05, 0) is 6.07 Å². The lowest BCUT2D eigenvalue weighted by Gasteiger charge is -1.96. The number of hydrogen-bond acceptors (Lipinski definition) is 4. The van der Waals surface area contributed by atoms with Gasteiger partial charge in [-0.15, -0.1) is 0 Å². The molecule has 0 radical (unpaired) electrons. The molecule has 1 aromatic rings. The van der Waals surface area contributed by atoms with Crippen LogP contribution in [0, 0.1) is 15.9 Å². The van der Waals surface area contributed by atoms with Crippen molar-refractivity contribution in [1.29, 1.82) is 0 Å². The fourth-order valence-corrected chi connectivity index (χ4v) is 1.48. The van der Waals surface area contributed by atoms with E-state index in [9.17, 15) is 24.4 Å². The van der Waals surface area contributed by atoms with Gasteiger partial charge in [-0.2, -0.15) is 0 Å². The maximum absolute atomic E-state index is 13.2. The number of rotatable bonds is 1. The molecule has 0 unspecified atom stereocenters. The van der Waals surface area contributed by atoms with Crippen LogP contribution in [0.3, 0.4) is 0 Å². The number of allylic oxidation sites excluding steroid dienone is 1. The SMILES string of the molecule is O=C1C([N+](=O)[O-])=C(O)c2cccc(F)c21. The van der Waals surface area contributed by atoms with E-state index in [1.807, 2.05) is 0 Å². The Morgan fingerprint density at radius 2 is 2.07 bits per heavy atom. The zero-order chi connectivity index (χ0) is 11.2. The molecule has 0 spiro atoms. The molecule has 1 N–H and O–H groups in total. The average Bonchev–Trinajstić information content (AvgIpc) is 2.40. The molecule has 0 heterocycles. The zero-order valence-corrected chi connectivity index (χ0v) is 7.23. The molecule has 0 atom stereocenters. The van der Waals surface area contributed by atoms with E-state index in [1.165, 1.54) is 12.1 Å². The molecular formula is C9H4FNO4. The average molecular weight is 209 g/mol. The Hall–Kier alpha value is -2.24. The van der Waals surface area contributed by atoms with Crippen molar-refractivity contribution in [2.45, 2.75) is 0 Å². The first-order chi connectivity index (χ1) is 7.04. The standard InChI is InChI=1S/C9H4FNO4/c10-5-3-1-2-4-6(5)9(13)7(8(4)12)11(14)15/h1-3,12H. The molecule has 6 heteroatoms. The van der Waals surface area contributed by atoms with Gasteiger partial charge in [0.25, 0.3) is 5.78 Å². The van der Waals surface area contributed by atoms with Gasteiger partial charge >= 0.3 is 5.70 Å². The first-order valence-corrected chi connectivity index (χ1v) is 3.95. The molecule has 1 aromatic carbocycles. The van der Waals surface area contributed by atoms with Gasteiger partial charge in [0.05, 0.1) is 10.5 Å². The van der Waals surface area contributed by atoms with Gasteiger partial charge in [0.1, 0.15) is 5.82 Å².